The number of rotatable bonds is 3. The molecular weight excluding hydrogens is 284 g/mol. The molecule has 0 radical (unpaired) electrons. The Morgan fingerprint density at radius 1 is 1.14 bits per heavy atom. The van der Waals surface area contributed by atoms with Crippen LogP contribution in [0, 0.1) is 6.92 Å². The van der Waals surface area contributed by atoms with Gasteiger partial charge in [0.05, 0.1) is 11.9 Å². The summed E-state index contributed by atoms with van der Waals surface area (Å²) >= 11 is 5.95. The highest BCUT2D eigenvalue weighted by molar-refractivity contribution is 6.30. The first-order chi connectivity index (χ1) is 10.1. The lowest BCUT2D eigenvalue weighted by Crippen LogP contribution is -2.01. The third-order valence-electron chi connectivity index (χ3n) is 3.47. The van der Waals surface area contributed by atoms with Gasteiger partial charge >= 0.3 is 0 Å². The van der Waals surface area contributed by atoms with Crippen molar-refractivity contribution in [2.24, 2.45) is 0 Å². The highest BCUT2D eigenvalue weighted by atomic mass is 35.5. The van der Waals surface area contributed by atoms with E-state index in [1.165, 1.54) is 0 Å². The second-order valence-electron chi connectivity index (χ2n) is 4.96. The zero-order chi connectivity index (χ0) is 14.8. The zero-order valence-electron chi connectivity index (χ0n) is 11.6. The Balaban J connectivity index is 1.92. The summed E-state index contributed by atoms with van der Waals surface area (Å²) in [6, 6.07) is 15.3. The number of hydrogen-bond acceptors (Lipinski definition) is 2. The van der Waals surface area contributed by atoms with Gasteiger partial charge in [0.1, 0.15) is 6.10 Å². The third-order valence-corrected chi connectivity index (χ3v) is 3.70. The van der Waals surface area contributed by atoms with E-state index in [0.29, 0.717) is 5.02 Å². The number of aliphatic hydroxyl groups is 1. The van der Waals surface area contributed by atoms with Gasteiger partial charge in [0.2, 0.25) is 0 Å². The van der Waals surface area contributed by atoms with Crippen molar-refractivity contribution in [3.63, 3.8) is 0 Å². The lowest BCUT2D eigenvalue weighted by Gasteiger charge is -2.12. The minimum absolute atomic E-state index is 0.670. The monoisotopic (exact) mass is 298 g/mol. The van der Waals surface area contributed by atoms with E-state index >= 15 is 0 Å². The van der Waals surface area contributed by atoms with Crippen LogP contribution in [0.1, 0.15) is 22.8 Å². The molecule has 4 heteroatoms. The van der Waals surface area contributed by atoms with Crippen LogP contribution in [0.4, 0.5) is 0 Å². The number of halogens is 1. The molecule has 0 fully saturated rings. The fourth-order valence-corrected chi connectivity index (χ4v) is 2.55. The molecule has 0 amide bonds. The molecule has 1 heterocycles. The maximum Gasteiger partial charge on any atom is 0.107 e. The number of para-hydroxylation sites is 1. The van der Waals surface area contributed by atoms with E-state index in [1.807, 2.05) is 55.6 Å². The Bertz CT molecular complexity index is 752. The summed E-state index contributed by atoms with van der Waals surface area (Å²) in [6.07, 6.45) is 2.82. The van der Waals surface area contributed by atoms with Crippen LogP contribution in [0.5, 0.6) is 0 Å². The molecule has 106 valence electrons. The molecule has 21 heavy (non-hydrogen) atoms. The van der Waals surface area contributed by atoms with Gasteiger partial charge in [0.15, 0.2) is 0 Å². The molecule has 3 aromatic rings. The van der Waals surface area contributed by atoms with Gasteiger partial charge in [0.25, 0.3) is 0 Å². The molecule has 1 atom stereocenters. The van der Waals surface area contributed by atoms with Crippen LogP contribution in [0.3, 0.4) is 0 Å². The second kappa shape index (κ2) is 5.72. The number of aromatic nitrogens is 2. The molecule has 3 rings (SSSR count). The highest BCUT2D eigenvalue weighted by Crippen LogP contribution is 2.26. The van der Waals surface area contributed by atoms with Crippen molar-refractivity contribution in [1.82, 2.24) is 9.78 Å². The molecule has 0 saturated carbocycles. The first-order valence-electron chi connectivity index (χ1n) is 6.69. The van der Waals surface area contributed by atoms with Crippen LogP contribution in [-0.4, -0.2) is 14.9 Å². The van der Waals surface area contributed by atoms with E-state index in [9.17, 15) is 5.11 Å². The topological polar surface area (TPSA) is 38.1 Å². The van der Waals surface area contributed by atoms with E-state index in [-0.39, 0.29) is 0 Å². The predicted molar refractivity (Wildman–Crippen MR) is 83.8 cm³/mol. The first-order valence-corrected chi connectivity index (χ1v) is 7.07. The average Bonchev–Trinajstić information content (AvgIpc) is 2.97. The summed E-state index contributed by atoms with van der Waals surface area (Å²) in [5.74, 6) is 0. The minimum Gasteiger partial charge on any atom is -0.384 e. The Morgan fingerprint density at radius 3 is 2.62 bits per heavy atom. The van der Waals surface area contributed by atoms with Crippen molar-refractivity contribution in [3.05, 3.63) is 82.6 Å². The van der Waals surface area contributed by atoms with Gasteiger partial charge in [-0.3, -0.25) is 0 Å². The predicted octanol–water partition coefficient (Wildman–Crippen LogP) is 3.92. The number of aryl methyl sites for hydroxylation is 1. The van der Waals surface area contributed by atoms with E-state index < -0.39 is 6.10 Å². The molecule has 0 bridgehead atoms. The van der Waals surface area contributed by atoms with Crippen molar-refractivity contribution in [1.29, 1.82) is 0 Å². The van der Waals surface area contributed by atoms with Gasteiger partial charge in [-0.2, -0.15) is 5.10 Å². The number of aliphatic hydroxyl groups excluding tert-OH is 1. The molecule has 1 aromatic heterocycles. The van der Waals surface area contributed by atoms with E-state index in [1.54, 1.807) is 16.9 Å². The van der Waals surface area contributed by atoms with Crippen molar-refractivity contribution >= 4 is 11.6 Å². The smallest absolute Gasteiger partial charge is 0.107 e. The largest absolute Gasteiger partial charge is 0.384 e. The normalized spacial score (nSPS) is 12.3. The SMILES string of the molecule is Cc1cc(Cl)ccc1C(O)c1cnn(-c2ccccc2)c1. The molecule has 0 aliphatic carbocycles. The van der Waals surface area contributed by atoms with Gasteiger partial charge < -0.3 is 5.11 Å². The fraction of sp³-hybridized carbons (Fsp3) is 0.118. The fourth-order valence-electron chi connectivity index (χ4n) is 2.33. The lowest BCUT2D eigenvalue weighted by molar-refractivity contribution is 0.219. The van der Waals surface area contributed by atoms with Crippen LogP contribution in [0.25, 0.3) is 5.69 Å². The molecule has 0 aliphatic heterocycles. The van der Waals surface area contributed by atoms with Crippen LogP contribution < -0.4 is 0 Å². The standard InChI is InChI=1S/C17H15ClN2O/c1-12-9-14(18)7-8-16(12)17(21)13-10-19-20(11-13)15-5-3-2-4-6-15/h2-11,17,21H,1H3. The maximum absolute atomic E-state index is 10.5. The molecule has 1 N–H and O–H groups in total. The van der Waals surface area contributed by atoms with E-state index in [2.05, 4.69) is 5.10 Å². The second-order valence-corrected chi connectivity index (χ2v) is 5.39. The molecule has 0 spiro atoms. The zero-order valence-corrected chi connectivity index (χ0v) is 12.3. The summed E-state index contributed by atoms with van der Waals surface area (Å²) < 4.78 is 1.75. The summed E-state index contributed by atoms with van der Waals surface area (Å²) in [5.41, 5.74) is 3.52. The molecule has 2 aromatic carbocycles. The van der Waals surface area contributed by atoms with Crippen molar-refractivity contribution in [2.75, 3.05) is 0 Å². The van der Waals surface area contributed by atoms with Gasteiger partial charge in [-0.25, -0.2) is 4.68 Å². The van der Waals surface area contributed by atoms with Gasteiger partial charge in [-0.1, -0.05) is 35.9 Å². The van der Waals surface area contributed by atoms with Crippen LogP contribution in [-0.2, 0) is 0 Å². The number of nitrogens with zero attached hydrogens (tertiary/aromatic N) is 2. The van der Waals surface area contributed by atoms with Crippen LogP contribution in [0.15, 0.2) is 60.9 Å². The Kier molecular flexibility index (Phi) is 3.78. The van der Waals surface area contributed by atoms with Gasteiger partial charge in [-0.15, -0.1) is 0 Å². The Labute approximate surface area is 128 Å². The summed E-state index contributed by atoms with van der Waals surface area (Å²) in [7, 11) is 0. The first kappa shape index (κ1) is 13.9. The van der Waals surface area contributed by atoms with Crippen molar-refractivity contribution in [2.45, 2.75) is 13.0 Å². The van der Waals surface area contributed by atoms with E-state index in [4.69, 9.17) is 11.6 Å². The van der Waals surface area contributed by atoms with Crippen LogP contribution >= 0.6 is 11.6 Å². The molecule has 0 saturated heterocycles. The van der Waals surface area contributed by atoms with Crippen LogP contribution in [0.2, 0.25) is 5.02 Å². The highest BCUT2D eigenvalue weighted by Gasteiger charge is 2.15. The molecule has 3 nitrogen and oxygen atoms in total. The maximum atomic E-state index is 10.5. The summed E-state index contributed by atoms with van der Waals surface area (Å²) in [6.45, 7) is 1.94. The molecule has 1 unspecified atom stereocenters. The molecule has 0 aliphatic rings. The lowest BCUT2D eigenvalue weighted by atomic mass is 10.00. The Hall–Kier alpha value is -2.10. The minimum atomic E-state index is -0.709. The summed E-state index contributed by atoms with van der Waals surface area (Å²) in [4.78, 5) is 0. The van der Waals surface area contributed by atoms with E-state index in [0.717, 1.165) is 22.4 Å². The number of benzene rings is 2. The average molecular weight is 299 g/mol. The third kappa shape index (κ3) is 2.84. The Morgan fingerprint density at radius 2 is 1.90 bits per heavy atom. The quantitative estimate of drug-likeness (QED) is 0.796. The summed E-state index contributed by atoms with van der Waals surface area (Å²) in [5, 5.41) is 15.5. The molecular formula is C17H15ClN2O. The van der Waals surface area contributed by atoms with Crippen molar-refractivity contribution in [3.8, 4) is 5.69 Å². The van der Waals surface area contributed by atoms with Gasteiger partial charge in [-0.05, 0) is 42.3 Å². The van der Waals surface area contributed by atoms with Crippen molar-refractivity contribution < 1.29 is 5.11 Å². The number of hydrogen-bond donors (Lipinski definition) is 1. The van der Waals surface area contributed by atoms with Gasteiger partial charge in [0, 0.05) is 16.8 Å².